The molecule has 1 aliphatic heterocycles. The summed E-state index contributed by atoms with van der Waals surface area (Å²) in [6.07, 6.45) is 1.87. The Labute approximate surface area is 117 Å². The second-order valence-electron chi connectivity index (χ2n) is 5.74. The zero-order valence-electron chi connectivity index (χ0n) is 11.9. The standard InChI is InChI=1S/C14H19FN2O3/c1-14(2,3)20-13(18)17-7-6-10(17)9-19-11-4-5-12(15)16-8-11/h4-5,8,10H,6-7,9H2,1-3H3/t10-/m1/s1. The first-order valence-corrected chi connectivity index (χ1v) is 6.59. The predicted molar refractivity (Wildman–Crippen MR) is 71.0 cm³/mol. The number of carbonyl (C=O) groups excluding carboxylic acids is 1. The molecule has 0 saturated carbocycles. The number of hydrogen-bond acceptors (Lipinski definition) is 4. The normalized spacial score (nSPS) is 18.4. The van der Waals surface area contributed by atoms with Crippen LogP contribution in [0, 0.1) is 5.95 Å². The second kappa shape index (κ2) is 5.64. The maximum absolute atomic E-state index is 12.7. The van der Waals surface area contributed by atoms with Crippen LogP contribution in [0.2, 0.25) is 0 Å². The molecule has 0 aliphatic carbocycles. The summed E-state index contributed by atoms with van der Waals surface area (Å²) >= 11 is 0. The summed E-state index contributed by atoms with van der Waals surface area (Å²) in [6.45, 7) is 6.53. The Kier molecular flexibility index (Phi) is 4.11. The van der Waals surface area contributed by atoms with Crippen molar-refractivity contribution in [3.05, 3.63) is 24.3 Å². The molecule has 0 spiro atoms. The van der Waals surface area contributed by atoms with Crippen molar-refractivity contribution in [3.8, 4) is 5.75 Å². The molecule has 6 heteroatoms. The van der Waals surface area contributed by atoms with Crippen LogP contribution in [0.5, 0.6) is 5.75 Å². The molecule has 110 valence electrons. The van der Waals surface area contributed by atoms with Gasteiger partial charge in [-0.15, -0.1) is 0 Å². The number of halogens is 1. The van der Waals surface area contributed by atoms with E-state index in [0.717, 1.165) is 6.42 Å². The van der Waals surface area contributed by atoms with Gasteiger partial charge in [0.1, 0.15) is 18.0 Å². The van der Waals surface area contributed by atoms with E-state index in [2.05, 4.69) is 4.98 Å². The SMILES string of the molecule is CC(C)(C)OC(=O)N1CC[C@@H]1COc1ccc(F)nc1. The molecule has 1 amide bonds. The van der Waals surface area contributed by atoms with E-state index < -0.39 is 11.5 Å². The lowest BCUT2D eigenvalue weighted by Crippen LogP contribution is -2.55. The minimum absolute atomic E-state index is 0.00472. The Balaban J connectivity index is 1.82. The van der Waals surface area contributed by atoms with Crippen LogP contribution in [-0.2, 0) is 4.74 Å². The van der Waals surface area contributed by atoms with Crippen molar-refractivity contribution in [1.29, 1.82) is 0 Å². The van der Waals surface area contributed by atoms with Crippen LogP contribution in [0.4, 0.5) is 9.18 Å². The molecule has 2 heterocycles. The van der Waals surface area contributed by atoms with Gasteiger partial charge in [-0.25, -0.2) is 9.78 Å². The van der Waals surface area contributed by atoms with Crippen molar-refractivity contribution in [1.82, 2.24) is 9.88 Å². The van der Waals surface area contributed by atoms with E-state index in [-0.39, 0.29) is 12.1 Å². The molecule has 1 fully saturated rings. The highest BCUT2D eigenvalue weighted by Gasteiger charge is 2.35. The average Bonchev–Trinajstić information content (AvgIpc) is 2.27. The Hall–Kier alpha value is -1.85. The van der Waals surface area contributed by atoms with Gasteiger partial charge in [0.05, 0.1) is 12.2 Å². The average molecular weight is 282 g/mol. The first kappa shape index (κ1) is 14.6. The lowest BCUT2D eigenvalue weighted by Gasteiger charge is -2.40. The summed E-state index contributed by atoms with van der Waals surface area (Å²) in [4.78, 5) is 17.0. The van der Waals surface area contributed by atoms with Gasteiger partial charge < -0.3 is 14.4 Å². The minimum atomic E-state index is -0.545. The van der Waals surface area contributed by atoms with Crippen LogP contribution in [0.25, 0.3) is 0 Å². The predicted octanol–water partition coefficient (Wildman–Crippen LogP) is 2.61. The fourth-order valence-corrected chi connectivity index (χ4v) is 1.82. The number of likely N-dealkylation sites (tertiary alicyclic amines) is 1. The third kappa shape index (κ3) is 3.82. The molecule has 0 bridgehead atoms. The summed E-state index contributed by atoms with van der Waals surface area (Å²) in [5.74, 6) is -0.0567. The number of nitrogens with zero attached hydrogens (tertiary/aromatic N) is 2. The topological polar surface area (TPSA) is 51.7 Å². The molecular formula is C14H19FN2O3. The number of rotatable bonds is 3. The van der Waals surface area contributed by atoms with Crippen molar-refractivity contribution in [2.75, 3.05) is 13.2 Å². The maximum Gasteiger partial charge on any atom is 0.410 e. The quantitative estimate of drug-likeness (QED) is 0.800. The molecule has 0 radical (unpaired) electrons. The third-order valence-electron chi connectivity index (χ3n) is 2.91. The number of carbonyl (C=O) groups is 1. The summed E-state index contributed by atoms with van der Waals surface area (Å²) < 4.78 is 23.5. The molecule has 0 N–H and O–H groups in total. The van der Waals surface area contributed by atoms with Crippen molar-refractivity contribution in [3.63, 3.8) is 0 Å². The van der Waals surface area contributed by atoms with Crippen LogP contribution >= 0.6 is 0 Å². The third-order valence-corrected chi connectivity index (χ3v) is 2.91. The lowest BCUT2D eigenvalue weighted by molar-refractivity contribution is -0.0141. The van der Waals surface area contributed by atoms with Crippen LogP contribution in [0.3, 0.4) is 0 Å². The first-order chi connectivity index (χ1) is 9.35. The molecule has 5 nitrogen and oxygen atoms in total. The van der Waals surface area contributed by atoms with Gasteiger partial charge in [-0.05, 0) is 39.3 Å². The van der Waals surface area contributed by atoms with Crippen molar-refractivity contribution in [2.45, 2.75) is 38.8 Å². The van der Waals surface area contributed by atoms with Crippen LogP contribution in [0.15, 0.2) is 18.3 Å². The molecule has 20 heavy (non-hydrogen) atoms. The van der Waals surface area contributed by atoms with E-state index in [1.54, 1.807) is 4.90 Å². The van der Waals surface area contributed by atoms with Crippen molar-refractivity contribution in [2.24, 2.45) is 0 Å². The van der Waals surface area contributed by atoms with Gasteiger partial charge in [0.2, 0.25) is 5.95 Å². The van der Waals surface area contributed by atoms with Crippen LogP contribution in [-0.4, -0.2) is 40.8 Å². The number of aromatic nitrogens is 1. The zero-order chi connectivity index (χ0) is 14.8. The van der Waals surface area contributed by atoms with Gasteiger partial charge in [0, 0.05) is 6.54 Å². The molecule has 0 aromatic carbocycles. The number of ether oxygens (including phenoxy) is 2. The van der Waals surface area contributed by atoms with Gasteiger partial charge in [0.25, 0.3) is 0 Å². The van der Waals surface area contributed by atoms with Gasteiger partial charge in [-0.1, -0.05) is 0 Å². The first-order valence-electron chi connectivity index (χ1n) is 6.59. The highest BCUT2D eigenvalue weighted by Crippen LogP contribution is 2.22. The zero-order valence-corrected chi connectivity index (χ0v) is 11.9. The van der Waals surface area contributed by atoms with Gasteiger partial charge >= 0.3 is 6.09 Å². The highest BCUT2D eigenvalue weighted by atomic mass is 19.1. The molecule has 0 unspecified atom stereocenters. The molecule has 1 atom stereocenters. The smallest absolute Gasteiger partial charge is 0.410 e. The summed E-state index contributed by atoms with van der Waals surface area (Å²) in [5.41, 5.74) is -0.501. The summed E-state index contributed by atoms with van der Waals surface area (Å²) in [7, 11) is 0. The van der Waals surface area contributed by atoms with E-state index in [1.165, 1.54) is 18.3 Å². The second-order valence-corrected chi connectivity index (χ2v) is 5.74. The monoisotopic (exact) mass is 282 g/mol. The Bertz CT molecular complexity index is 470. The van der Waals surface area contributed by atoms with Gasteiger partial charge in [-0.2, -0.15) is 4.39 Å². The number of pyridine rings is 1. The van der Waals surface area contributed by atoms with Crippen LogP contribution in [0.1, 0.15) is 27.2 Å². The molecule has 2 rings (SSSR count). The largest absolute Gasteiger partial charge is 0.490 e. The highest BCUT2D eigenvalue weighted by molar-refractivity contribution is 5.69. The Morgan fingerprint density at radius 2 is 2.25 bits per heavy atom. The lowest BCUT2D eigenvalue weighted by atomic mass is 10.1. The Morgan fingerprint density at radius 1 is 1.50 bits per heavy atom. The van der Waals surface area contributed by atoms with Crippen LogP contribution < -0.4 is 4.74 Å². The molecular weight excluding hydrogens is 263 g/mol. The number of amides is 1. The van der Waals surface area contributed by atoms with E-state index in [9.17, 15) is 9.18 Å². The van der Waals surface area contributed by atoms with E-state index in [1.807, 2.05) is 20.8 Å². The molecule has 1 aromatic heterocycles. The molecule has 1 aliphatic rings. The summed E-state index contributed by atoms with van der Waals surface area (Å²) in [5, 5.41) is 0. The summed E-state index contributed by atoms with van der Waals surface area (Å²) in [6, 6.07) is 2.75. The molecule has 1 saturated heterocycles. The number of hydrogen-bond donors (Lipinski definition) is 0. The minimum Gasteiger partial charge on any atom is -0.490 e. The van der Waals surface area contributed by atoms with Gasteiger partial charge in [-0.3, -0.25) is 0 Å². The Morgan fingerprint density at radius 3 is 2.75 bits per heavy atom. The maximum atomic E-state index is 12.7. The van der Waals surface area contributed by atoms with E-state index in [0.29, 0.717) is 18.9 Å². The fourth-order valence-electron chi connectivity index (χ4n) is 1.82. The molecule has 1 aromatic rings. The van der Waals surface area contributed by atoms with E-state index in [4.69, 9.17) is 9.47 Å². The van der Waals surface area contributed by atoms with Crippen molar-refractivity contribution >= 4 is 6.09 Å². The fraction of sp³-hybridized carbons (Fsp3) is 0.571. The van der Waals surface area contributed by atoms with E-state index >= 15 is 0 Å². The van der Waals surface area contributed by atoms with Gasteiger partial charge in [0.15, 0.2) is 0 Å². The van der Waals surface area contributed by atoms with Crippen molar-refractivity contribution < 1.29 is 18.7 Å².